The zero-order chi connectivity index (χ0) is 18.6. The number of aryl methyl sites for hydroxylation is 1. The van der Waals surface area contributed by atoms with Gasteiger partial charge in [0.1, 0.15) is 0 Å². The summed E-state index contributed by atoms with van der Waals surface area (Å²) in [5, 5.41) is 2.24. The second kappa shape index (κ2) is 5.68. The number of aromatic amines is 2. The SMILES string of the molecule is C=c1[nH]c(=C(C)c2[nH]c(C)c(C(C)(C)C)c2C)c(C)c1C(C)(C)C. The molecule has 2 N–H and O–H groups in total. The molecule has 0 aliphatic heterocycles. The molecule has 0 saturated carbocycles. The molecule has 0 amide bonds. The fraction of sp³-hybridized carbons (Fsp3) is 0.545. The highest BCUT2D eigenvalue weighted by Gasteiger charge is 2.24. The highest BCUT2D eigenvalue weighted by atomic mass is 14.8. The van der Waals surface area contributed by atoms with E-state index in [1.54, 1.807) is 0 Å². The van der Waals surface area contributed by atoms with Crippen molar-refractivity contribution in [1.82, 2.24) is 9.97 Å². The van der Waals surface area contributed by atoms with E-state index in [2.05, 4.69) is 85.8 Å². The Labute approximate surface area is 147 Å². The Balaban J connectivity index is 2.82. The first-order chi connectivity index (χ1) is 10.8. The standard InChI is InChI=1S/C22H34N2/c1-12-17(21(6,7)8)15(4)23-19(12)14(3)20-13(2)18(16(5)24-20)22(9,10)11/h23-24H,4H2,1-3,5-11H3. The summed E-state index contributed by atoms with van der Waals surface area (Å²) in [5.41, 5.74) is 9.43. The van der Waals surface area contributed by atoms with Crippen molar-refractivity contribution in [2.24, 2.45) is 0 Å². The number of hydrogen-bond donors (Lipinski definition) is 2. The zero-order valence-electron chi connectivity index (χ0n) is 17.2. The van der Waals surface area contributed by atoms with E-state index in [-0.39, 0.29) is 10.8 Å². The van der Waals surface area contributed by atoms with Crippen LogP contribution in [0, 0.1) is 20.8 Å². The van der Waals surface area contributed by atoms with E-state index >= 15 is 0 Å². The molecule has 2 heteroatoms. The molecule has 2 aromatic heterocycles. The Kier molecular flexibility index (Phi) is 4.41. The fourth-order valence-corrected chi connectivity index (χ4v) is 4.42. The third-order valence-corrected chi connectivity index (χ3v) is 5.02. The highest BCUT2D eigenvalue weighted by molar-refractivity contribution is 5.67. The molecule has 0 radical (unpaired) electrons. The molecule has 0 aliphatic rings. The predicted molar refractivity (Wildman–Crippen MR) is 106 cm³/mol. The molecule has 0 unspecified atom stereocenters. The molecule has 0 saturated heterocycles. The van der Waals surface area contributed by atoms with Crippen LogP contribution in [0.4, 0.5) is 0 Å². The molecule has 2 heterocycles. The number of H-pyrrole nitrogens is 2. The van der Waals surface area contributed by atoms with Crippen LogP contribution in [-0.4, -0.2) is 9.97 Å². The Morgan fingerprint density at radius 1 is 0.792 bits per heavy atom. The molecule has 0 spiro atoms. The van der Waals surface area contributed by atoms with E-state index in [0.717, 1.165) is 5.35 Å². The smallest absolute Gasteiger partial charge is 0.0468 e. The lowest BCUT2D eigenvalue weighted by atomic mass is 9.83. The van der Waals surface area contributed by atoms with E-state index in [1.807, 2.05) is 0 Å². The van der Waals surface area contributed by atoms with Crippen molar-refractivity contribution < 1.29 is 0 Å². The van der Waals surface area contributed by atoms with E-state index in [9.17, 15) is 0 Å². The monoisotopic (exact) mass is 326 g/mol. The van der Waals surface area contributed by atoms with Gasteiger partial charge in [-0.1, -0.05) is 48.1 Å². The number of aromatic nitrogens is 2. The van der Waals surface area contributed by atoms with Crippen LogP contribution >= 0.6 is 0 Å². The minimum atomic E-state index is 0.0907. The average molecular weight is 327 g/mol. The first-order valence-corrected chi connectivity index (χ1v) is 8.85. The summed E-state index contributed by atoms with van der Waals surface area (Å²) in [4.78, 5) is 7.18. The Morgan fingerprint density at radius 2 is 1.29 bits per heavy atom. The lowest BCUT2D eigenvalue weighted by Crippen LogP contribution is -2.21. The van der Waals surface area contributed by atoms with E-state index in [1.165, 1.54) is 44.6 Å². The molecule has 0 fully saturated rings. The summed E-state index contributed by atoms with van der Waals surface area (Å²) in [7, 11) is 0. The molecule has 2 nitrogen and oxygen atoms in total. The van der Waals surface area contributed by atoms with Crippen LogP contribution in [0.1, 0.15) is 82.1 Å². The first-order valence-electron chi connectivity index (χ1n) is 8.85. The highest BCUT2D eigenvalue weighted by Crippen LogP contribution is 2.32. The second-order valence-electron chi connectivity index (χ2n) is 9.23. The lowest BCUT2D eigenvalue weighted by Gasteiger charge is -2.20. The van der Waals surface area contributed by atoms with E-state index in [4.69, 9.17) is 0 Å². The molecule has 2 aromatic rings. The van der Waals surface area contributed by atoms with Gasteiger partial charge >= 0.3 is 0 Å². The topological polar surface area (TPSA) is 31.6 Å². The van der Waals surface area contributed by atoms with Crippen LogP contribution in [0.2, 0.25) is 0 Å². The lowest BCUT2D eigenvalue weighted by molar-refractivity contribution is 0.583. The molecule has 0 bridgehead atoms. The molecule has 2 rings (SSSR count). The first kappa shape index (κ1) is 18.6. The fourth-order valence-electron chi connectivity index (χ4n) is 4.42. The normalized spacial score (nSPS) is 14.2. The zero-order valence-corrected chi connectivity index (χ0v) is 17.2. The average Bonchev–Trinajstić information content (AvgIpc) is 2.84. The minimum Gasteiger partial charge on any atom is -0.358 e. The quantitative estimate of drug-likeness (QED) is 0.774. The van der Waals surface area contributed by atoms with Crippen LogP contribution < -0.4 is 10.7 Å². The second-order valence-corrected chi connectivity index (χ2v) is 9.23. The largest absolute Gasteiger partial charge is 0.358 e. The van der Waals surface area contributed by atoms with Gasteiger partial charge < -0.3 is 9.97 Å². The summed E-state index contributed by atoms with van der Waals surface area (Å²) in [6.45, 7) is 26.7. The number of nitrogens with one attached hydrogen (secondary N) is 2. The summed E-state index contributed by atoms with van der Waals surface area (Å²) < 4.78 is 0. The number of rotatable bonds is 1. The minimum absolute atomic E-state index is 0.0907. The van der Waals surface area contributed by atoms with E-state index in [0.29, 0.717) is 0 Å². The third kappa shape index (κ3) is 2.99. The van der Waals surface area contributed by atoms with Crippen molar-refractivity contribution in [2.75, 3.05) is 0 Å². The van der Waals surface area contributed by atoms with Gasteiger partial charge in [0.2, 0.25) is 0 Å². The summed E-state index contributed by atoms with van der Waals surface area (Å²) in [6, 6.07) is 0. The molecule has 24 heavy (non-hydrogen) atoms. The van der Waals surface area contributed by atoms with Gasteiger partial charge in [-0.15, -0.1) is 0 Å². The van der Waals surface area contributed by atoms with Gasteiger partial charge in [0.15, 0.2) is 0 Å². The van der Waals surface area contributed by atoms with Crippen LogP contribution in [0.5, 0.6) is 0 Å². The maximum atomic E-state index is 4.25. The van der Waals surface area contributed by atoms with Gasteiger partial charge in [-0.3, -0.25) is 0 Å². The van der Waals surface area contributed by atoms with Gasteiger partial charge in [-0.05, 0) is 66.4 Å². The summed E-state index contributed by atoms with van der Waals surface area (Å²) in [6.07, 6.45) is 0. The molecule has 0 aliphatic carbocycles. The van der Waals surface area contributed by atoms with Crippen molar-refractivity contribution in [2.45, 2.75) is 80.1 Å². The van der Waals surface area contributed by atoms with Crippen molar-refractivity contribution in [1.29, 1.82) is 0 Å². The third-order valence-electron chi connectivity index (χ3n) is 5.02. The van der Waals surface area contributed by atoms with Crippen molar-refractivity contribution in [3.05, 3.63) is 44.3 Å². The van der Waals surface area contributed by atoms with Gasteiger partial charge in [-0.2, -0.15) is 0 Å². The summed E-state index contributed by atoms with van der Waals surface area (Å²) >= 11 is 0. The molecule has 0 aromatic carbocycles. The van der Waals surface area contributed by atoms with E-state index < -0.39 is 0 Å². The van der Waals surface area contributed by atoms with Gasteiger partial charge in [-0.25, -0.2) is 0 Å². The van der Waals surface area contributed by atoms with Crippen LogP contribution in [-0.2, 0) is 10.8 Å². The Morgan fingerprint density at radius 3 is 1.67 bits per heavy atom. The maximum Gasteiger partial charge on any atom is 0.0468 e. The van der Waals surface area contributed by atoms with Crippen molar-refractivity contribution >= 4 is 12.2 Å². The van der Waals surface area contributed by atoms with Crippen LogP contribution in [0.3, 0.4) is 0 Å². The van der Waals surface area contributed by atoms with Gasteiger partial charge in [0.05, 0.1) is 0 Å². The maximum absolute atomic E-state index is 4.25. The Hall–Kier alpha value is -1.70. The molecular formula is C22H34N2. The van der Waals surface area contributed by atoms with Crippen molar-refractivity contribution in [3.63, 3.8) is 0 Å². The molecule has 132 valence electrons. The van der Waals surface area contributed by atoms with Gasteiger partial charge in [0, 0.05) is 22.1 Å². The Bertz CT molecular complexity index is 875. The molecule has 0 atom stereocenters. The van der Waals surface area contributed by atoms with Crippen molar-refractivity contribution in [3.8, 4) is 0 Å². The van der Waals surface area contributed by atoms with Gasteiger partial charge in [0.25, 0.3) is 0 Å². The van der Waals surface area contributed by atoms with Crippen LogP contribution in [0.15, 0.2) is 0 Å². The predicted octanol–water partition coefficient (Wildman–Crippen LogP) is 4.49. The number of hydrogen-bond acceptors (Lipinski definition) is 0. The summed E-state index contributed by atoms with van der Waals surface area (Å²) in [5.74, 6) is 0. The molecular weight excluding hydrogens is 292 g/mol. The van der Waals surface area contributed by atoms with Crippen LogP contribution in [0.25, 0.3) is 12.2 Å².